The maximum Gasteiger partial charge on any atom is 0.0568 e. The number of hydrogen-bond acceptors (Lipinski definition) is 1. The summed E-state index contributed by atoms with van der Waals surface area (Å²) < 4.78 is 0. The summed E-state index contributed by atoms with van der Waals surface area (Å²) >= 11 is 0. The van der Waals surface area contributed by atoms with Crippen molar-refractivity contribution < 1.29 is 5.11 Å². The molecule has 1 N–H and O–H groups in total. The van der Waals surface area contributed by atoms with Crippen LogP contribution < -0.4 is 0 Å². The van der Waals surface area contributed by atoms with E-state index in [4.69, 9.17) is 0 Å². The summed E-state index contributed by atoms with van der Waals surface area (Å²) in [6.07, 6.45) is 3.51. The molecule has 0 saturated heterocycles. The second-order valence-corrected chi connectivity index (χ2v) is 3.46. The number of rotatable bonds is 0. The van der Waals surface area contributed by atoms with Crippen LogP contribution in [0.4, 0.5) is 0 Å². The predicted octanol–water partition coefficient (Wildman–Crippen LogP) is 1.42. The van der Waals surface area contributed by atoms with Crippen LogP contribution in [0.3, 0.4) is 0 Å². The van der Waals surface area contributed by atoms with Crippen LogP contribution in [-0.2, 0) is 0 Å². The zero-order chi connectivity index (χ0) is 6.85. The van der Waals surface area contributed by atoms with Crippen molar-refractivity contribution in [2.75, 3.05) is 0 Å². The van der Waals surface area contributed by atoms with Crippen molar-refractivity contribution in [2.45, 2.75) is 39.2 Å². The van der Waals surface area contributed by atoms with Gasteiger partial charge in [0.2, 0.25) is 0 Å². The summed E-state index contributed by atoms with van der Waals surface area (Å²) in [5.74, 6) is 1.29. The van der Waals surface area contributed by atoms with Gasteiger partial charge in [-0.3, -0.25) is 0 Å². The van der Waals surface area contributed by atoms with E-state index in [9.17, 15) is 5.11 Å². The first kappa shape index (κ1) is 11.6. The van der Waals surface area contributed by atoms with Crippen molar-refractivity contribution in [3.8, 4) is 0 Å². The first-order chi connectivity index (χ1) is 4.20. The third kappa shape index (κ3) is 3.33. The quantitative estimate of drug-likeness (QED) is 0.541. The van der Waals surface area contributed by atoms with E-state index in [1.54, 1.807) is 0 Å². The first-order valence-electron chi connectivity index (χ1n) is 3.88. The predicted molar refractivity (Wildman–Crippen MR) is 43.9 cm³/mol. The Bertz CT molecular complexity index is 95.3. The topological polar surface area (TPSA) is 20.2 Å². The molecule has 10 heavy (non-hydrogen) atoms. The summed E-state index contributed by atoms with van der Waals surface area (Å²) in [5.41, 5.74) is 0. The van der Waals surface area contributed by atoms with Crippen LogP contribution in [0.1, 0.15) is 33.1 Å². The van der Waals surface area contributed by atoms with Crippen molar-refractivity contribution in [1.82, 2.24) is 0 Å². The van der Waals surface area contributed by atoms with Gasteiger partial charge in [-0.2, -0.15) is 0 Å². The van der Waals surface area contributed by atoms with Gasteiger partial charge in [0.15, 0.2) is 0 Å². The third-order valence-corrected chi connectivity index (χ3v) is 2.42. The molecule has 1 fully saturated rings. The SMILES string of the molecule is CC1CCC(C)C(O)C1.[K]. The van der Waals surface area contributed by atoms with E-state index in [1.165, 1.54) is 12.8 Å². The van der Waals surface area contributed by atoms with Crippen LogP contribution in [0, 0.1) is 11.8 Å². The summed E-state index contributed by atoms with van der Waals surface area (Å²) in [4.78, 5) is 0. The molecular weight excluding hydrogens is 151 g/mol. The molecule has 55 valence electrons. The van der Waals surface area contributed by atoms with Gasteiger partial charge in [-0.15, -0.1) is 0 Å². The largest absolute Gasteiger partial charge is 0.393 e. The Balaban J connectivity index is 0.000000810. The van der Waals surface area contributed by atoms with Crippen molar-refractivity contribution in [1.29, 1.82) is 0 Å². The minimum atomic E-state index is -0.0197. The van der Waals surface area contributed by atoms with Gasteiger partial charge in [-0.1, -0.05) is 20.3 Å². The molecule has 0 aromatic rings. The maximum absolute atomic E-state index is 9.35. The molecule has 0 aliphatic heterocycles. The van der Waals surface area contributed by atoms with Crippen LogP contribution in [0.2, 0.25) is 0 Å². The molecule has 0 heterocycles. The van der Waals surface area contributed by atoms with E-state index in [1.807, 2.05) is 0 Å². The van der Waals surface area contributed by atoms with Crippen LogP contribution in [0.15, 0.2) is 0 Å². The van der Waals surface area contributed by atoms with E-state index in [0.717, 1.165) is 12.3 Å². The van der Waals surface area contributed by atoms with Crippen molar-refractivity contribution in [3.63, 3.8) is 0 Å². The van der Waals surface area contributed by atoms with E-state index < -0.39 is 0 Å². The monoisotopic (exact) mass is 167 g/mol. The summed E-state index contributed by atoms with van der Waals surface area (Å²) in [7, 11) is 0. The van der Waals surface area contributed by atoms with Gasteiger partial charge in [0.05, 0.1) is 6.10 Å². The molecule has 0 aromatic carbocycles. The van der Waals surface area contributed by atoms with E-state index in [2.05, 4.69) is 13.8 Å². The van der Waals surface area contributed by atoms with Crippen LogP contribution in [0.25, 0.3) is 0 Å². The molecule has 1 aliphatic carbocycles. The molecule has 0 spiro atoms. The Labute approximate surface area is 106 Å². The molecular formula is C8H16KO. The van der Waals surface area contributed by atoms with E-state index in [0.29, 0.717) is 5.92 Å². The molecule has 1 rings (SSSR count). The Kier molecular flexibility index (Phi) is 6.12. The van der Waals surface area contributed by atoms with Crippen molar-refractivity contribution in [2.24, 2.45) is 11.8 Å². The van der Waals surface area contributed by atoms with Crippen molar-refractivity contribution >= 4 is 51.4 Å². The minimum Gasteiger partial charge on any atom is -0.393 e. The smallest absolute Gasteiger partial charge is 0.0568 e. The van der Waals surface area contributed by atoms with Gasteiger partial charge in [0.1, 0.15) is 0 Å². The fourth-order valence-electron chi connectivity index (χ4n) is 1.50. The Morgan fingerprint density at radius 1 is 1.20 bits per heavy atom. The van der Waals surface area contributed by atoms with E-state index in [-0.39, 0.29) is 57.5 Å². The number of aliphatic hydroxyl groups is 1. The third-order valence-electron chi connectivity index (χ3n) is 2.42. The molecule has 1 radical (unpaired) electrons. The molecule has 3 atom stereocenters. The molecule has 1 aliphatic rings. The van der Waals surface area contributed by atoms with Crippen LogP contribution in [0.5, 0.6) is 0 Å². The van der Waals surface area contributed by atoms with Crippen molar-refractivity contribution in [3.05, 3.63) is 0 Å². The molecule has 3 unspecified atom stereocenters. The molecule has 2 heteroatoms. The minimum absolute atomic E-state index is 0. The summed E-state index contributed by atoms with van der Waals surface area (Å²) in [6, 6.07) is 0. The fraction of sp³-hybridized carbons (Fsp3) is 1.00. The second kappa shape index (κ2) is 5.28. The molecule has 0 amide bonds. The van der Waals surface area contributed by atoms with Gasteiger partial charge < -0.3 is 5.11 Å². The van der Waals surface area contributed by atoms with Gasteiger partial charge in [-0.25, -0.2) is 0 Å². The molecule has 0 bridgehead atoms. The normalized spacial score (nSPS) is 40.5. The van der Waals surface area contributed by atoms with Crippen LogP contribution in [-0.4, -0.2) is 62.6 Å². The number of aliphatic hydroxyl groups excluding tert-OH is 1. The Hall–Kier alpha value is 1.60. The van der Waals surface area contributed by atoms with E-state index >= 15 is 0 Å². The number of hydrogen-bond donors (Lipinski definition) is 1. The summed E-state index contributed by atoms with van der Waals surface area (Å²) in [6.45, 7) is 4.35. The maximum atomic E-state index is 9.35. The average molecular weight is 167 g/mol. The zero-order valence-corrected chi connectivity index (χ0v) is 10.4. The van der Waals surface area contributed by atoms with Crippen LogP contribution >= 0.6 is 0 Å². The molecule has 1 nitrogen and oxygen atoms in total. The van der Waals surface area contributed by atoms with Gasteiger partial charge in [0, 0.05) is 51.4 Å². The van der Waals surface area contributed by atoms with Gasteiger partial charge in [-0.05, 0) is 24.7 Å². The standard InChI is InChI=1S/C8H16O.K/c1-6-3-4-7(2)8(9)5-6;/h6-9H,3-5H2,1-2H3;. The second-order valence-electron chi connectivity index (χ2n) is 3.46. The fourth-order valence-corrected chi connectivity index (χ4v) is 1.50. The average Bonchev–Trinajstić information content (AvgIpc) is 1.80. The van der Waals surface area contributed by atoms with Gasteiger partial charge in [0.25, 0.3) is 0 Å². The molecule has 1 saturated carbocycles. The zero-order valence-electron chi connectivity index (χ0n) is 7.30. The Morgan fingerprint density at radius 2 is 1.80 bits per heavy atom. The summed E-state index contributed by atoms with van der Waals surface area (Å²) in [5, 5.41) is 9.35. The van der Waals surface area contributed by atoms with Gasteiger partial charge >= 0.3 is 0 Å². The molecule has 0 aromatic heterocycles. The Morgan fingerprint density at radius 3 is 2.20 bits per heavy atom. The first-order valence-corrected chi connectivity index (χ1v) is 3.88.